The summed E-state index contributed by atoms with van der Waals surface area (Å²) >= 11 is 0. The maximum atomic E-state index is 12.3. The van der Waals surface area contributed by atoms with Crippen LogP contribution in [-0.4, -0.2) is 27.3 Å². The van der Waals surface area contributed by atoms with E-state index in [1.807, 2.05) is 30.3 Å². The first kappa shape index (κ1) is 13.1. The van der Waals surface area contributed by atoms with Gasteiger partial charge >= 0.3 is 5.97 Å². The molecule has 0 radical (unpaired) electrons. The summed E-state index contributed by atoms with van der Waals surface area (Å²) in [6.07, 6.45) is 2.81. The minimum atomic E-state index is -0.631. The number of esters is 1. The molecule has 3 aromatic rings. The SMILES string of the molecule is CCOC(=O)c1c[nH]c2c(cnn2-c2ccccc2)c1=O. The second-order valence-electron chi connectivity index (χ2n) is 4.41. The van der Waals surface area contributed by atoms with E-state index in [1.165, 1.54) is 12.4 Å². The highest BCUT2D eigenvalue weighted by Gasteiger charge is 2.16. The van der Waals surface area contributed by atoms with E-state index in [9.17, 15) is 9.59 Å². The standard InChI is InChI=1S/C15H13N3O3/c1-2-21-15(20)12-8-16-14-11(13(12)19)9-17-18(14)10-6-4-3-5-7-10/h3-9H,2H2,1H3,(H,16,19). The van der Waals surface area contributed by atoms with Gasteiger partial charge in [-0.05, 0) is 19.1 Å². The van der Waals surface area contributed by atoms with Gasteiger partial charge in [-0.15, -0.1) is 0 Å². The summed E-state index contributed by atoms with van der Waals surface area (Å²) in [7, 11) is 0. The summed E-state index contributed by atoms with van der Waals surface area (Å²) in [5.41, 5.74) is 0.965. The average Bonchev–Trinajstić information content (AvgIpc) is 2.93. The highest BCUT2D eigenvalue weighted by molar-refractivity contribution is 5.93. The number of rotatable bonds is 3. The second-order valence-corrected chi connectivity index (χ2v) is 4.41. The highest BCUT2D eigenvalue weighted by atomic mass is 16.5. The number of H-pyrrole nitrogens is 1. The van der Waals surface area contributed by atoms with Crippen molar-refractivity contribution < 1.29 is 9.53 Å². The normalized spacial score (nSPS) is 10.7. The number of para-hydroxylation sites is 1. The van der Waals surface area contributed by atoms with E-state index in [-0.39, 0.29) is 17.6 Å². The van der Waals surface area contributed by atoms with Gasteiger partial charge in [-0.2, -0.15) is 5.10 Å². The number of benzene rings is 1. The molecule has 0 saturated heterocycles. The van der Waals surface area contributed by atoms with E-state index in [0.29, 0.717) is 11.0 Å². The molecule has 0 aliphatic rings. The maximum Gasteiger partial charge on any atom is 0.343 e. The van der Waals surface area contributed by atoms with E-state index in [4.69, 9.17) is 4.74 Å². The lowest BCUT2D eigenvalue weighted by atomic mass is 10.2. The van der Waals surface area contributed by atoms with Gasteiger partial charge in [0.1, 0.15) is 11.2 Å². The minimum absolute atomic E-state index is 0.0167. The lowest BCUT2D eigenvalue weighted by Gasteiger charge is -2.04. The Bertz CT molecular complexity index is 849. The molecule has 0 fully saturated rings. The van der Waals surface area contributed by atoms with Crippen molar-refractivity contribution in [2.24, 2.45) is 0 Å². The smallest absolute Gasteiger partial charge is 0.343 e. The Morgan fingerprint density at radius 2 is 2.10 bits per heavy atom. The number of ether oxygens (including phenoxy) is 1. The number of pyridine rings is 1. The van der Waals surface area contributed by atoms with Crippen LogP contribution in [0, 0.1) is 0 Å². The largest absolute Gasteiger partial charge is 0.462 e. The van der Waals surface area contributed by atoms with E-state index in [0.717, 1.165) is 5.69 Å². The fraction of sp³-hybridized carbons (Fsp3) is 0.133. The Morgan fingerprint density at radius 3 is 2.81 bits per heavy atom. The van der Waals surface area contributed by atoms with Crippen molar-refractivity contribution in [1.29, 1.82) is 0 Å². The monoisotopic (exact) mass is 283 g/mol. The number of carbonyl (C=O) groups is 1. The van der Waals surface area contributed by atoms with Crippen LogP contribution in [0.1, 0.15) is 17.3 Å². The Labute approximate surface area is 120 Å². The zero-order chi connectivity index (χ0) is 14.8. The summed E-state index contributed by atoms with van der Waals surface area (Å²) in [6.45, 7) is 1.91. The molecule has 2 aromatic heterocycles. The number of fused-ring (bicyclic) bond motifs is 1. The molecule has 3 rings (SSSR count). The zero-order valence-electron chi connectivity index (χ0n) is 11.4. The Morgan fingerprint density at radius 1 is 1.33 bits per heavy atom. The Balaban J connectivity index is 2.16. The number of nitrogens with zero attached hydrogens (tertiary/aromatic N) is 2. The van der Waals surface area contributed by atoms with Crippen molar-refractivity contribution >= 4 is 17.0 Å². The van der Waals surface area contributed by atoms with E-state index < -0.39 is 5.97 Å². The third kappa shape index (κ3) is 2.20. The fourth-order valence-electron chi connectivity index (χ4n) is 2.13. The van der Waals surface area contributed by atoms with E-state index in [2.05, 4.69) is 10.1 Å². The van der Waals surface area contributed by atoms with Crippen molar-refractivity contribution in [2.45, 2.75) is 6.92 Å². The number of aromatic nitrogens is 3. The lowest BCUT2D eigenvalue weighted by molar-refractivity contribution is 0.0524. The van der Waals surface area contributed by atoms with E-state index in [1.54, 1.807) is 11.6 Å². The third-order valence-electron chi connectivity index (χ3n) is 3.11. The molecule has 0 unspecified atom stereocenters. The fourth-order valence-corrected chi connectivity index (χ4v) is 2.13. The molecule has 0 atom stereocenters. The van der Waals surface area contributed by atoms with Crippen LogP contribution in [0.15, 0.2) is 47.5 Å². The molecule has 0 aliphatic heterocycles. The molecule has 6 heteroatoms. The van der Waals surface area contributed by atoms with Crippen molar-refractivity contribution in [3.8, 4) is 5.69 Å². The van der Waals surface area contributed by atoms with Crippen molar-refractivity contribution in [2.75, 3.05) is 6.61 Å². The van der Waals surface area contributed by atoms with Crippen LogP contribution in [0.25, 0.3) is 16.7 Å². The number of hydrogen-bond acceptors (Lipinski definition) is 4. The first-order valence-corrected chi connectivity index (χ1v) is 6.54. The molecular formula is C15H13N3O3. The van der Waals surface area contributed by atoms with Gasteiger partial charge in [-0.1, -0.05) is 18.2 Å². The summed E-state index contributed by atoms with van der Waals surface area (Å²) in [4.78, 5) is 27.0. The first-order valence-electron chi connectivity index (χ1n) is 6.54. The molecular weight excluding hydrogens is 270 g/mol. The van der Waals surface area contributed by atoms with Gasteiger partial charge in [0, 0.05) is 6.20 Å². The first-order chi connectivity index (χ1) is 10.2. The predicted octanol–water partition coefficient (Wildman–Crippen LogP) is 1.89. The molecule has 2 heterocycles. The molecule has 0 aliphatic carbocycles. The highest BCUT2D eigenvalue weighted by Crippen LogP contribution is 2.14. The molecule has 1 N–H and O–H groups in total. The molecule has 6 nitrogen and oxygen atoms in total. The van der Waals surface area contributed by atoms with Gasteiger partial charge < -0.3 is 9.72 Å². The molecule has 0 spiro atoms. The Hall–Kier alpha value is -2.89. The van der Waals surface area contributed by atoms with Crippen molar-refractivity contribution in [3.63, 3.8) is 0 Å². The predicted molar refractivity (Wildman–Crippen MR) is 77.6 cm³/mol. The third-order valence-corrected chi connectivity index (χ3v) is 3.11. The zero-order valence-corrected chi connectivity index (χ0v) is 11.4. The summed E-state index contributed by atoms with van der Waals surface area (Å²) in [5, 5.41) is 4.56. The van der Waals surface area contributed by atoms with Crippen LogP contribution in [0.3, 0.4) is 0 Å². The number of carbonyl (C=O) groups excluding carboxylic acids is 1. The topological polar surface area (TPSA) is 77.0 Å². The number of hydrogen-bond donors (Lipinski definition) is 1. The van der Waals surface area contributed by atoms with Crippen LogP contribution >= 0.6 is 0 Å². The molecule has 0 saturated carbocycles. The van der Waals surface area contributed by atoms with Crippen LogP contribution in [0.4, 0.5) is 0 Å². The van der Waals surface area contributed by atoms with Crippen molar-refractivity contribution in [1.82, 2.24) is 14.8 Å². The van der Waals surface area contributed by atoms with E-state index >= 15 is 0 Å². The number of nitrogens with one attached hydrogen (secondary N) is 1. The summed E-state index contributed by atoms with van der Waals surface area (Å²) < 4.78 is 6.48. The van der Waals surface area contributed by atoms with Crippen LogP contribution in [0.5, 0.6) is 0 Å². The van der Waals surface area contributed by atoms with Crippen LogP contribution < -0.4 is 5.43 Å². The molecule has 106 valence electrons. The van der Waals surface area contributed by atoms with Gasteiger partial charge in [0.05, 0.1) is 23.9 Å². The van der Waals surface area contributed by atoms with Crippen LogP contribution in [-0.2, 0) is 4.74 Å². The molecule has 1 aromatic carbocycles. The molecule has 0 amide bonds. The Kier molecular flexibility index (Phi) is 3.27. The average molecular weight is 283 g/mol. The minimum Gasteiger partial charge on any atom is -0.462 e. The van der Waals surface area contributed by atoms with Gasteiger partial charge in [0.2, 0.25) is 5.43 Å². The quantitative estimate of drug-likeness (QED) is 0.745. The van der Waals surface area contributed by atoms with Crippen LogP contribution in [0.2, 0.25) is 0 Å². The second kappa shape index (κ2) is 5.24. The maximum absolute atomic E-state index is 12.3. The van der Waals surface area contributed by atoms with Gasteiger partial charge in [-0.3, -0.25) is 4.79 Å². The summed E-state index contributed by atoms with van der Waals surface area (Å²) in [6, 6.07) is 9.42. The molecule has 0 bridgehead atoms. The summed E-state index contributed by atoms with van der Waals surface area (Å²) in [5.74, 6) is -0.631. The van der Waals surface area contributed by atoms with Crippen molar-refractivity contribution in [3.05, 3.63) is 58.5 Å². The molecule has 21 heavy (non-hydrogen) atoms. The van der Waals surface area contributed by atoms with Gasteiger partial charge in [-0.25, -0.2) is 9.48 Å². The number of aromatic amines is 1. The lowest BCUT2D eigenvalue weighted by Crippen LogP contribution is -2.18. The van der Waals surface area contributed by atoms with Gasteiger partial charge in [0.25, 0.3) is 0 Å². The van der Waals surface area contributed by atoms with Gasteiger partial charge in [0.15, 0.2) is 0 Å².